The zero-order valence-corrected chi connectivity index (χ0v) is 14.4. The van der Waals surface area contributed by atoms with E-state index in [9.17, 15) is 8.42 Å². The molecule has 7 heteroatoms. The maximum absolute atomic E-state index is 11.6. The van der Waals surface area contributed by atoms with Crippen molar-refractivity contribution in [3.63, 3.8) is 0 Å². The van der Waals surface area contributed by atoms with Crippen LogP contribution in [0.4, 0.5) is 0 Å². The minimum Gasteiger partial charge on any atom is -0.329 e. The van der Waals surface area contributed by atoms with Gasteiger partial charge in [-0.3, -0.25) is 4.90 Å². The summed E-state index contributed by atoms with van der Waals surface area (Å²) in [6.07, 6.45) is 3.46. The molecule has 0 unspecified atom stereocenters. The Morgan fingerprint density at radius 3 is 1.95 bits per heavy atom. The van der Waals surface area contributed by atoms with Crippen molar-refractivity contribution in [1.82, 2.24) is 14.1 Å². The minimum absolute atomic E-state index is 0.0645. The van der Waals surface area contributed by atoms with E-state index in [2.05, 4.69) is 23.6 Å². The molecule has 0 aromatic rings. The summed E-state index contributed by atoms with van der Waals surface area (Å²) in [5.74, 6) is 0. The van der Waals surface area contributed by atoms with Crippen molar-refractivity contribution >= 4 is 10.0 Å². The van der Waals surface area contributed by atoms with Gasteiger partial charge >= 0.3 is 0 Å². The summed E-state index contributed by atoms with van der Waals surface area (Å²) in [5, 5.41) is 0. The summed E-state index contributed by atoms with van der Waals surface area (Å²) in [6, 6.07) is 0.586. The summed E-state index contributed by atoms with van der Waals surface area (Å²) in [7, 11) is -3.06. The van der Waals surface area contributed by atoms with Crippen LogP contribution in [0.5, 0.6) is 0 Å². The highest BCUT2D eigenvalue weighted by atomic mass is 32.2. The van der Waals surface area contributed by atoms with Crippen molar-refractivity contribution < 1.29 is 8.42 Å². The zero-order chi connectivity index (χ0) is 15.7. The minimum atomic E-state index is -3.06. The predicted molar refractivity (Wildman–Crippen MR) is 85.7 cm³/mol. The van der Waals surface area contributed by atoms with Crippen molar-refractivity contribution in [2.45, 2.75) is 38.3 Å². The van der Waals surface area contributed by atoms with Crippen molar-refractivity contribution in [1.29, 1.82) is 0 Å². The normalized spacial score (nSPS) is 26.3. The predicted octanol–water partition coefficient (Wildman–Crippen LogP) is -0.235. The van der Waals surface area contributed by atoms with Crippen LogP contribution in [-0.2, 0) is 10.0 Å². The molecule has 2 rings (SSSR count). The van der Waals surface area contributed by atoms with E-state index < -0.39 is 10.0 Å². The monoisotopic (exact) mass is 318 g/mol. The molecule has 124 valence electrons. The smallest absolute Gasteiger partial charge is 0.211 e. The first-order chi connectivity index (χ1) is 9.78. The molecule has 2 saturated heterocycles. The van der Waals surface area contributed by atoms with Gasteiger partial charge in [-0.15, -0.1) is 0 Å². The van der Waals surface area contributed by atoms with E-state index in [1.54, 1.807) is 4.31 Å². The van der Waals surface area contributed by atoms with E-state index in [-0.39, 0.29) is 5.54 Å². The summed E-state index contributed by atoms with van der Waals surface area (Å²) in [5.41, 5.74) is 6.18. The molecule has 2 aliphatic rings. The maximum atomic E-state index is 11.6. The van der Waals surface area contributed by atoms with Crippen LogP contribution in [0.2, 0.25) is 0 Å². The van der Waals surface area contributed by atoms with Crippen LogP contribution in [0.3, 0.4) is 0 Å². The summed E-state index contributed by atoms with van der Waals surface area (Å²) in [6.45, 7) is 10.1. The number of piperidine rings is 1. The third-order valence-electron chi connectivity index (χ3n) is 5.22. The molecule has 21 heavy (non-hydrogen) atoms. The second-order valence-electron chi connectivity index (χ2n) is 6.71. The number of hydrogen-bond acceptors (Lipinski definition) is 5. The molecule has 2 N–H and O–H groups in total. The first-order valence-electron chi connectivity index (χ1n) is 7.93. The van der Waals surface area contributed by atoms with E-state index in [0.29, 0.717) is 25.7 Å². The highest BCUT2D eigenvalue weighted by molar-refractivity contribution is 7.88. The number of piperazine rings is 1. The second-order valence-corrected chi connectivity index (χ2v) is 8.69. The Morgan fingerprint density at radius 2 is 1.57 bits per heavy atom. The fourth-order valence-electron chi connectivity index (χ4n) is 3.60. The number of sulfonamides is 1. The molecule has 0 aromatic carbocycles. The van der Waals surface area contributed by atoms with Crippen molar-refractivity contribution in [2.24, 2.45) is 5.73 Å². The van der Waals surface area contributed by atoms with Gasteiger partial charge in [-0.2, -0.15) is 4.31 Å². The third kappa shape index (κ3) is 3.76. The molecule has 0 radical (unpaired) electrons. The van der Waals surface area contributed by atoms with Gasteiger partial charge in [0.2, 0.25) is 10.0 Å². The highest BCUT2D eigenvalue weighted by Gasteiger charge is 2.41. The van der Waals surface area contributed by atoms with Crippen LogP contribution in [0.25, 0.3) is 0 Å². The lowest BCUT2D eigenvalue weighted by Gasteiger charge is -2.51. The molecule has 0 amide bonds. The average molecular weight is 318 g/mol. The molecule has 0 aliphatic carbocycles. The Hall–Kier alpha value is -0.210. The molecule has 0 aromatic heterocycles. The largest absolute Gasteiger partial charge is 0.329 e. The molecular formula is C14H30N4O2S. The quantitative estimate of drug-likeness (QED) is 0.775. The van der Waals surface area contributed by atoms with Gasteiger partial charge in [-0.25, -0.2) is 8.42 Å². The van der Waals surface area contributed by atoms with Gasteiger partial charge in [0.15, 0.2) is 0 Å². The van der Waals surface area contributed by atoms with E-state index in [1.807, 2.05) is 0 Å². The number of nitrogens with zero attached hydrogens (tertiary/aromatic N) is 3. The lowest BCUT2D eigenvalue weighted by Crippen LogP contribution is -2.64. The van der Waals surface area contributed by atoms with E-state index in [4.69, 9.17) is 5.73 Å². The number of nitrogens with two attached hydrogens (primary N) is 1. The Bertz CT molecular complexity index is 436. The molecule has 2 heterocycles. The van der Waals surface area contributed by atoms with Crippen LogP contribution in [0.1, 0.15) is 26.7 Å². The van der Waals surface area contributed by atoms with E-state index >= 15 is 0 Å². The second kappa shape index (κ2) is 6.50. The van der Waals surface area contributed by atoms with Crippen LogP contribution in [0.15, 0.2) is 0 Å². The first-order valence-corrected chi connectivity index (χ1v) is 9.78. The van der Waals surface area contributed by atoms with Crippen LogP contribution in [0, 0.1) is 0 Å². The maximum Gasteiger partial charge on any atom is 0.211 e. The van der Waals surface area contributed by atoms with Crippen molar-refractivity contribution in [2.75, 3.05) is 52.1 Å². The molecule has 2 fully saturated rings. The van der Waals surface area contributed by atoms with Crippen LogP contribution < -0.4 is 5.73 Å². The average Bonchev–Trinajstić information content (AvgIpc) is 2.46. The molecule has 6 nitrogen and oxygen atoms in total. The van der Waals surface area contributed by atoms with Gasteiger partial charge < -0.3 is 10.6 Å². The first kappa shape index (κ1) is 17.1. The Morgan fingerprint density at radius 1 is 1.05 bits per heavy atom. The van der Waals surface area contributed by atoms with Gasteiger partial charge in [-0.05, 0) is 26.7 Å². The van der Waals surface area contributed by atoms with Gasteiger partial charge in [0.25, 0.3) is 0 Å². The molecular weight excluding hydrogens is 288 g/mol. The lowest BCUT2D eigenvalue weighted by atomic mass is 9.84. The lowest BCUT2D eigenvalue weighted by molar-refractivity contribution is 0.000654. The molecule has 2 aliphatic heterocycles. The van der Waals surface area contributed by atoms with E-state index in [1.165, 1.54) is 6.26 Å². The summed E-state index contributed by atoms with van der Waals surface area (Å²) >= 11 is 0. The van der Waals surface area contributed by atoms with Crippen molar-refractivity contribution in [3.05, 3.63) is 0 Å². The molecule has 0 spiro atoms. The Balaban J connectivity index is 1.97. The number of likely N-dealkylation sites (tertiary alicyclic amines) is 1. The standard InChI is InChI=1S/C14H30N4O2S/c1-13(2)16-6-4-14(12-15,5-7-16)17-8-10-18(11-9-17)21(3,19)20/h13H,4-12,15H2,1-3H3. The van der Waals surface area contributed by atoms with E-state index in [0.717, 1.165) is 39.0 Å². The third-order valence-corrected chi connectivity index (χ3v) is 6.52. The fraction of sp³-hybridized carbons (Fsp3) is 1.00. The molecule has 0 saturated carbocycles. The van der Waals surface area contributed by atoms with Crippen LogP contribution in [-0.4, -0.2) is 86.2 Å². The van der Waals surface area contributed by atoms with Gasteiger partial charge in [0, 0.05) is 57.4 Å². The van der Waals surface area contributed by atoms with Crippen LogP contribution >= 0.6 is 0 Å². The Kier molecular flexibility index (Phi) is 5.31. The Labute approximate surface area is 129 Å². The highest BCUT2D eigenvalue weighted by Crippen LogP contribution is 2.30. The van der Waals surface area contributed by atoms with Gasteiger partial charge in [-0.1, -0.05) is 0 Å². The SMILES string of the molecule is CC(C)N1CCC(CN)(N2CCN(S(C)(=O)=O)CC2)CC1. The topological polar surface area (TPSA) is 69.9 Å². The van der Waals surface area contributed by atoms with Gasteiger partial charge in [0.05, 0.1) is 6.26 Å². The van der Waals surface area contributed by atoms with Gasteiger partial charge in [0.1, 0.15) is 0 Å². The number of hydrogen-bond donors (Lipinski definition) is 1. The zero-order valence-electron chi connectivity index (χ0n) is 13.6. The molecule has 0 bridgehead atoms. The number of rotatable bonds is 4. The fourth-order valence-corrected chi connectivity index (χ4v) is 4.43. The molecule has 0 atom stereocenters. The summed E-state index contributed by atoms with van der Waals surface area (Å²) < 4.78 is 24.8. The van der Waals surface area contributed by atoms with Crippen molar-refractivity contribution in [3.8, 4) is 0 Å². The summed E-state index contributed by atoms with van der Waals surface area (Å²) in [4.78, 5) is 4.94.